The molecule has 2 aromatic carbocycles. The van der Waals surface area contributed by atoms with Gasteiger partial charge in [-0.25, -0.2) is 14.5 Å². The molecule has 238 valence electrons. The first-order chi connectivity index (χ1) is 21.6. The predicted molar refractivity (Wildman–Crippen MR) is 161 cm³/mol. The summed E-state index contributed by atoms with van der Waals surface area (Å²) in [6.45, 7) is -0.134. The average Bonchev–Trinajstić information content (AvgIpc) is 3.73. The van der Waals surface area contributed by atoms with Crippen LogP contribution in [0.2, 0.25) is 0 Å². The Morgan fingerprint density at radius 2 is 1.70 bits per heavy atom. The second kappa shape index (κ2) is 12.7. The van der Waals surface area contributed by atoms with Crippen molar-refractivity contribution in [3.63, 3.8) is 0 Å². The van der Waals surface area contributed by atoms with E-state index in [4.69, 9.17) is 12.2 Å². The zero-order valence-electron chi connectivity index (χ0n) is 22.7. The number of carbonyl (C=O) groups is 3. The maximum atomic E-state index is 13.3. The highest BCUT2D eigenvalue weighted by molar-refractivity contribution is 8.26. The number of benzene rings is 2. The Balaban J connectivity index is 1.29. The number of nitrogens with one attached hydrogen (secondary N) is 1. The van der Waals surface area contributed by atoms with Gasteiger partial charge in [0.1, 0.15) is 17.0 Å². The summed E-state index contributed by atoms with van der Waals surface area (Å²) in [6, 6.07) is 6.68. The third-order valence-corrected chi connectivity index (χ3v) is 8.69. The summed E-state index contributed by atoms with van der Waals surface area (Å²) in [7, 11) is 0. The number of carbonyl (C=O) groups excluding carboxylic acids is 2. The maximum absolute atomic E-state index is 13.3. The molecule has 0 atom stereocenters. The first kappa shape index (κ1) is 32.8. The Bertz CT molecular complexity index is 1850. The van der Waals surface area contributed by atoms with Gasteiger partial charge in [0.2, 0.25) is 5.91 Å². The van der Waals surface area contributed by atoms with Gasteiger partial charge in [-0.3, -0.25) is 14.5 Å². The van der Waals surface area contributed by atoms with Crippen LogP contribution < -0.4 is 5.32 Å². The summed E-state index contributed by atoms with van der Waals surface area (Å²) < 4.78 is 81.3. The molecule has 5 rings (SSSR count). The number of carboxylic acids is 1. The number of thiocarbonyl (C=S) groups is 1. The summed E-state index contributed by atoms with van der Waals surface area (Å²) in [4.78, 5) is 42.9. The van der Waals surface area contributed by atoms with E-state index in [1.165, 1.54) is 58.0 Å². The first-order valence-corrected chi connectivity index (χ1v) is 14.9. The second-order valence-corrected chi connectivity index (χ2v) is 12.2. The van der Waals surface area contributed by atoms with Gasteiger partial charge in [-0.1, -0.05) is 24.0 Å². The summed E-state index contributed by atoms with van der Waals surface area (Å²) in [5.74, 6) is -2.33. The molecule has 3 heterocycles. The number of thiophene rings is 1. The van der Waals surface area contributed by atoms with E-state index in [9.17, 15) is 45.8 Å². The van der Waals surface area contributed by atoms with Gasteiger partial charge in [-0.15, -0.1) is 11.3 Å². The van der Waals surface area contributed by atoms with Crippen molar-refractivity contribution in [2.24, 2.45) is 0 Å². The van der Waals surface area contributed by atoms with Crippen LogP contribution >= 0.6 is 35.3 Å². The van der Waals surface area contributed by atoms with E-state index in [1.807, 2.05) is 0 Å². The molecule has 1 aliphatic heterocycles. The largest absolute Gasteiger partial charge is 0.478 e. The minimum absolute atomic E-state index is 0.0470. The van der Waals surface area contributed by atoms with Gasteiger partial charge < -0.3 is 10.4 Å². The van der Waals surface area contributed by atoms with Crippen LogP contribution in [0.15, 0.2) is 65.4 Å². The van der Waals surface area contributed by atoms with E-state index in [1.54, 1.807) is 0 Å². The number of carboxylic acid groups (broad SMARTS) is 1. The number of anilines is 1. The van der Waals surface area contributed by atoms with Gasteiger partial charge in [0, 0.05) is 17.8 Å². The minimum atomic E-state index is -5.00. The number of nitrogens with zero attached hydrogens (tertiary/aromatic N) is 4. The van der Waals surface area contributed by atoms with Gasteiger partial charge in [0.25, 0.3) is 5.91 Å². The zero-order valence-corrected chi connectivity index (χ0v) is 25.2. The van der Waals surface area contributed by atoms with Gasteiger partial charge in [0.05, 0.1) is 33.0 Å². The van der Waals surface area contributed by atoms with Crippen LogP contribution in [0.1, 0.15) is 32.8 Å². The fourth-order valence-corrected chi connectivity index (χ4v) is 6.47. The molecule has 2 amide bonds. The van der Waals surface area contributed by atoms with E-state index in [-0.39, 0.29) is 50.6 Å². The molecule has 1 saturated heterocycles. The molecule has 4 aromatic rings. The molecule has 46 heavy (non-hydrogen) atoms. The molecular weight excluding hydrogens is 681 g/mol. The van der Waals surface area contributed by atoms with Crippen molar-refractivity contribution < 1.29 is 45.8 Å². The molecule has 1 fully saturated rings. The summed E-state index contributed by atoms with van der Waals surface area (Å²) >= 11 is 7.21. The van der Waals surface area contributed by atoms with Crippen molar-refractivity contribution in [2.75, 3.05) is 11.9 Å². The Kier molecular flexibility index (Phi) is 9.05. The molecule has 0 saturated carbocycles. The van der Waals surface area contributed by atoms with Crippen molar-refractivity contribution in [2.45, 2.75) is 18.8 Å². The van der Waals surface area contributed by atoms with Crippen LogP contribution in [0.3, 0.4) is 0 Å². The highest BCUT2D eigenvalue weighted by Gasteiger charge is 2.37. The molecule has 0 aliphatic carbocycles. The van der Waals surface area contributed by atoms with E-state index in [0.717, 1.165) is 23.1 Å². The molecule has 18 heteroatoms. The number of thioether (sulfide) groups is 1. The maximum Gasteiger partial charge on any atom is 0.416 e. The number of halogens is 6. The molecule has 0 bridgehead atoms. The monoisotopic (exact) mass is 697 g/mol. The van der Waals surface area contributed by atoms with Gasteiger partial charge >= 0.3 is 18.3 Å². The van der Waals surface area contributed by atoms with Gasteiger partial charge in [0.15, 0.2) is 0 Å². The summed E-state index contributed by atoms with van der Waals surface area (Å²) in [5, 5.41) is 17.3. The number of amides is 2. The lowest BCUT2D eigenvalue weighted by Gasteiger charge is -2.15. The van der Waals surface area contributed by atoms with Crippen molar-refractivity contribution in [3.05, 3.63) is 87.0 Å². The fraction of sp³-hybridized carbons (Fsp3) is 0.143. The Labute approximate surface area is 268 Å². The van der Waals surface area contributed by atoms with Crippen molar-refractivity contribution >= 4 is 69.2 Å². The molecule has 0 spiro atoms. The smallest absolute Gasteiger partial charge is 0.416 e. The quantitative estimate of drug-likeness (QED) is 0.115. The number of alkyl halides is 6. The molecule has 2 aromatic heterocycles. The predicted octanol–water partition coefficient (Wildman–Crippen LogP) is 6.96. The standard InChI is InChI=1S/C28H17F6N5O4S3/c29-27(30,31)17-5-15(6-18(9-17)28(32,33)34)16-7-19(45-11-16)10-22-24(41)38(26(44)46-22)4-3-23(40)37-20-8-14(25(42)43)1-2-21(20)39-13-35-12-36-39/h1-2,5-13H,3-4H2,(H,37,40)(H,42,43). The number of hydrogen-bond acceptors (Lipinski definition) is 8. The van der Waals surface area contributed by atoms with Crippen molar-refractivity contribution in [1.29, 1.82) is 0 Å². The lowest BCUT2D eigenvalue weighted by atomic mass is 10.0. The summed E-state index contributed by atoms with van der Waals surface area (Å²) in [6.07, 6.45) is -6.20. The number of rotatable bonds is 8. The molecule has 1 aliphatic rings. The van der Waals surface area contributed by atoms with E-state index >= 15 is 0 Å². The fourth-order valence-electron chi connectivity index (χ4n) is 4.25. The number of hydrogen-bond donors (Lipinski definition) is 2. The average molecular weight is 698 g/mol. The molecular formula is C28H17F6N5O4S3. The van der Waals surface area contributed by atoms with E-state index in [2.05, 4.69) is 15.4 Å². The van der Waals surface area contributed by atoms with E-state index in [0.29, 0.717) is 22.7 Å². The second-order valence-electron chi connectivity index (χ2n) is 9.54. The third kappa shape index (κ3) is 7.29. The number of aromatic carboxylic acids is 1. The molecule has 0 unspecified atom stereocenters. The van der Waals surface area contributed by atoms with Gasteiger partial charge in [-0.2, -0.15) is 31.4 Å². The van der Waals surface area contributed by atoms with Crippen LogP contribution in [0.4, 0.5) is 32.0 Å². The van der Waals surface area contributed by atoms with Crippen LogP contribution in [0.25, 0.3) is 22.9 Å². The normalized spacial score (nSPS) is 14.7. The molecule has 0 radical (unpaired) electrons. The van der Waals surface area contributed by atoms with Crippen LogP contribution in [0, 0.1) is 0 Å². The van der Waals surface area contributed by atoms with E-state index < -0.39 is 41.3 Å². The first-order valence-electron chi connectivity index (χ1n) is 12.8. The lowest BCUT2D eigenvalue weighted by molar-refractivity contribution is -0.143. The van der Waals surface area contributed by atoms with Crippen LogP contribution in [-0.2, 0) is 21.9 Å². The Morgan fingerprint density at radius 3 is 2.30 bits per heavy atom. The van der Waals surface area contributed by atoms with Crippen molar-refractivity contribution in [3.8, 4) is 16.8 Å². The van der Waals surface area contributed by atoms with Crippen LogP contribution in [-0.4, -0.2) is 53.4 Å². The summed E-state index contributed by atoms with van der Waals surface area (Å²) in [5.41, 5.74) is -2.70. The zero-order chi connectivity index (χ0) is 33.4. The number of aromatic nitrogens is 3. The van der Waals surface area contributed by atoms with Crippen LogP contribution in [0.5, 0.6) is 0 Å². The SMILES string of the molecule is O=C(CCN1C(=O)C(=Cc2cc(-c3cc(C(F)(F)F)cc(C(F)(F)F)c3)cs2)SC1=S)Nc1cc(C(=O)O)ccc1-n1cncn1. The third-order valence-electron chi connectivity index (χ3n) is 6.43. The molecule has 2 N–H and O–H groups in total. The topological polar surface area (TPSA) is 117 Å². The molecule has 9 nitrogen and oxygen atoms in total. The Morgan fingerprint density at radius 1 is 1.00 bits per heavy atom. The lowest BCUT2D eigenvalue weighted by Crippen LogP contribution is -2.31. The highest BCUT2D eigenvalue weighted by atomic mass is 32.2. The van der Waals surface area contributed by atoms with Gasteiger partial charge in [-0.05, 0) is 65.0 Å². The van der Waals surface area contributed by atoms with Crippen molar-refractivity contribution in [1.82, 2.24) is 19.7 Å². The minimum Gasteiger partial charge on any atom is -0.478 e. The highest BCUT2D eigenvalue weighted by Crippen LogP contribution is 2.40. The Hall–Kier alpha value is -4.55.